The molecule has 4 heteroatoms. The molecule has 1 heterocycles. The van der Waals surface area contributed by atoms with Gasteiger partial charge in [-0.25, -0.2) is 0 Å². The number of nitrogens with zero attached hydrogens (tertiary/aromatic N) is 2. The van der Waals surface area contributed by atoms with E-state index in [4.69, 9.17) is 4.74 Å². The number of Topliss-reactive ketones (excluding diaryl/α,β-unsaturated/α-hetero) is 1. The fraction of sp³-hybridized carbons (Fsp3) is 0.100. The van der Waals surface area contributed by atoms with Crippen molar-refractivity contribution in [3.8, 4) is 5.75 Å². The second kappa shape index (κ2) is 7.42. The van der Waals surface area contributed by atoms with Gasteiger partial charge in [0.1, 0.15) is 12.3 Å². The number of ether oxygens (including phenoxy) is 1. The zero-order valence-corrected chi connectivity index (χ0v) is 13.4. The first-order chi connectivity index (χ1) is 11.7. The van der Waals surface area contributed by atoms with E-state index in [9.17, 15) is 4.79 Å². The van der Waals surface area contributed by atoms with Crippen LogP contribution in [0.3, 0.4) is 0 Å². The Labute approximate surface area is 141 Å². The molecule has 0 N–H and O–H groups in total. The van der Waals surface area contributed by atoms with Crippen LogP contribution in [0.4, 0.5) is 0 Å². The highest BCUT2D eigenvalue weighted by Gasteiger charge is 2.07. The lowest BCUT2D eigenvalue weighted by molar-refractivity contribution is 0.0967. The molecule has 0 atom stereocenters. The summed E-state index contributed by atoms with van der Waals surface area (Å²) in [7, 11) is 1.60. The number of ketones is 1. The van der Waals surface area contributed by atoms with Crippen LogP contribution < -0.4 is 4.74 Å². The predicted octanol–water partition coefficient (Wildman–Crippen LogP) is 3.95. The van der Waals surface area contributed by atoms with Crippen molar-refractivity contribution >= 4 is 17.9 Å². The monoisotopic (exact) mass is 318 g/mol. The number of methoxy groups -OCH3 is 1. The van der Waals surface area contributed by atoms with Crippen molar-refractivity contribution in [1.82, 2.24) is 9.78 Å². The summed E-state index contributed by atoms with van der Waals surface area (Å²) >= 11 is 0. The summed E-state index contributed by atoms with van der Waals surface area (Å²) in [6.45, 7) is 0.214. The van der Waals surface area contributed by atoms with Crippen molar-refractivity contribution in [2.24, 2.45) is 0 Å². The first-order valence-electron chi connectivity index (χ1n) is 7.68. The minimum Gasteiger partial charge on any atom is -0.497 e. The van der Waals surface area contributed by atoms with E-state index >= 15 is 0 Å². The van der Waals surface area contributed by atoms with Gasteiger partial charge in [0.05, 0.1) is 12.8 Å². The Balaban J connectivity index is 1.65. The Morgan fingerprint density at radius 2 is 1.79 bits per heavy atom. The molecule has 0 bridgehead atoms. The van der Waals surface area contributed by atoms with E-state index in [0.29, 0.717) is 5.56 Å². The lowest BCUT2D eigenvalue weighted by atomic mass is 10.1. The highest BCUT2D eigenvalue weighted by Crippen LogP contribution is 2.12. The molecule has 0 saturated heterocycles. The van der Waals surface area contributed by atoms with Crippen molar-refractivity contribution in [3.05, 3.63) is 83.7 Å². The molecular weight excluding hydrogens is 300 g/mol. The number of aromatic nitrogens is 2. The Bertz CT molecular complexity index is 834. The fourth-order valence-electron chi connectivity index (χ4n) is 2.32. The van der Waals surface area contributed by atoms with Crippen LogP contribution in [0.2, 0.25) is 0 Å². The summed E-state index contributed by atoms with van der Waals surface area (Å²) in [4.78, 5) is 12.3. The molecule has 0 radical (unpaired) electrons. The molecule has 1 aromatic heterocycles. The van der Waals surface area contributed by atoms with Crippen LogP contribution in [0.15, 0.2) is 66.9 Å². The molecule has 0 spiro atoms. The van der Waals surface area contributed by atoms with E-state index in [1.54, 1.807) is 36.1 Å². The third-order valence-electron chi connectivity index (χ3n) is 3.63. The minimum absolute atomic E-state index is 0.0133. The molecule has 0 aliphatic heterocycles. The zero-order valence-electron chi connectivity index (χ0n) is 13.4. The van der Waals surface area contributed by atoms with Crippen LogP contribution >= 0.6 is 0 Å². The molecule has 4 nitrogen and oxygen atoms in total. The van der Waals surface area contributed by atoms with Crippen molar-refractivity contribution < 1.29 is 9.53 Å². The van der Waals surface area contributed by atoms with Gasteiger partial charge in [-0.2, -0.15) is 5.10 Å². The molecule has 0 fully saturated rings. The van der Waals surface area contributed by atoms with Crippen LogP contribution in [0.1, 0.15) is 21.6 Å². The van der Waals surface area contributed by atoms with Crippen LogP contribution in [0.5, 0.6) is 5.75 Å². The molecule has 0 saturated carbocycles. The van der Waals surface area contributed by atoms with E-state index in [0.717, 1.165) is 17.0 Å². The lowest BCUT2D eigenvalue weighted by Crippen LogP contribution is -2.10. The Morgan fingerprint density at radius 1 is 1.04 bits per heavy atom. The number of carbonyl (C=O) groups excluding carboxylic acids is 1. The van der Waals surface area contributed by atoms with Crippen molar-refractivity contribution in [2.45, 2.75) is 6.54 Å². The standard InChI is InChI=1S/C20H18N2O2/c1-24-19-11-8-17(9-12-19)20(23)15-22-14-13-18(21-22)10-7-16-5-3-2-4-6-16/h2-14H,15H2,1H3/b10-7+. The van der Waals surface area contributed by atoms with E-state index < -0.39 is 0 Å². The highest BCUT2D eigenvalue weighted by molar-refractivity contribution is 5.95. The average molecular weight is 318 g/mol. The summed E-state index contributed by atoms with van der Waals surface area (Å²) in [5.41, 5.74) is 2.58. The molecule has 0 aliphatic rings. The fourth-order valence-corrected chi connectivity index (χ4v) is 2.32. The summed E-state index contributed by atoms with van der Waals surface area (Å²) in [6, 6.07) is 19.0. The summed E-state index contributed by atoms with van der Waals surface area (Å²) < 4.78 is 6.75. The largest absolute Gasteiger partial charge is 0.497 e. The molecule has 24 heavy (non-hydrogen) atoms. The van der Waals surface area contributed by atoms with Gasteiger partial charge < -0.3 is 4.74 Å². The van der Waals surface area contributed by atoms with Gasteiger partial charge in [0.25, 0.3) is 0 Å². The second-order valence-corrected chi connectivity index (χ2v) is 5.33. The predicted molar refractivity (Wildman–Crippen MR) is 94.9 cm³/mol. The molecule has 3 rings (SSSR count). The summed E-state index contributed by atoms with van der Waals surface area (Å²) in [5.74, 6) is 0.748. The van der Waals surface area contributed by atoms with E-state index in [1.165, 1.54) is 0 Å². The number of benzene rings is 2. The zero-order chi connectivity index (χ0) is 16.8. The molecule has 0 amide bonds. The molecule has 2 aromatic carbocycles. The third kappa shape index (κ3) is 3.98. The van der Waals surface area contributed by atoms with Crippen molar-refractivity contribution in [3.63, 3.8) is 0 Å². The van der Waals surface area contributed by atoms with Gasteiger partial charge in [0, 0.05) is 11.8 Å². The van der Waals surface area contributed by atoms with Crippen LogP contribution in [0.25, 0.3) is 12.2 Å². The quantitative estimate of drug-likeness (QED) is 0.647. The Morgan fingerprint density at radius 3 is 2.50 bits per heavy atom. The average Bonchev–Trinajstić information content (AvgIpc) is 3.08. The smallest absolute Gasteiger partial charge is 0.184 e. The number of hydrogen-bond donors (Lipinski definition) is 0. The van der Waals surface area contributed by atoms with Crippen molar-refractivity contribution in [2.75, 3.05) is 7.11 Å². The number of rotatable bonds is 6. The summed E-state index contributed by atoms with van der Waals surface area (Å²) in [5, 5.41) is 4.41. The first-order valence-corrected chi connectivity index (χ1v) is 7.68. The van der Waals surface area contributed by atoms with E-state index in [2.05, 4.69) is 5.10 Å². The molecule has 0 aliphatic carbocycles. The van der Waals surface area contributed by atoms with Gasteiger partial charge in [-0.1, -0.05) is 36.4 Å². The normalized spacial score (nSPS) is 10.9. The van der Waals surface area contributed by atoms with E-state index in [-0.39, 0.29) is 12.3 Å². The maximum atomic E-state index is 12.3. The van der Waals surface area contributed by atoms with Crippen LogP contribution in [0, 0.1) is 0 Å². The molecule has 0 unspecified atom stereocenters. The topological polar surface area (TPSA) is 44.1 Å². The Kier molecular flexibility index (Phi) is 4.87. The maximum Gasteiger partial charge on any atom is 0.184 e. The highest BCUT2D eigenvalue weighted by atomic mass is 16.5. The van der Waals surface area contributed by atoms with Gasteiger partial charge in [-0.3, -0.25) is 9.48 Å². The minimum atomic E-state index is 0.0133. The maximum absolute atomic E-state index is 12.3. The van der Waals surface area contributed by atoms with Gasteiger partial charge in [-0.15, -0.1) is 0 Å². The molecular formula is C20H18N2O2. The van der Waals surface area contributed by atoms with Gasteiger partial charge >= 0.3 is 0 Å². The SMILES string of the molecule is COc1ccc(C(=O)Cn2ccc(/C=C/c3ccccc3)n2)cc1. The first kappa shape index (κ1) is 15.7. The second-order valence-electron chi connectivity index (χ2n) is 5.33. The Hall–Kier alpha value is -3.14. The van der Waals surface area contributed by atoms with Gasteiger partial charge in [0.2, 0.25) is 0 Å². The van der Waals surface area contributed by atoms with E-state index in [1.807, 2.05) is 54.7 Å². The number of hydrogen-bond acceptors (Lipinski definition) is 3. The molecule has 3 aromatic rings. The third-order valence-corrected chi connectivity index (χ3v) is 3.63. The lowest BCUT2D eigenvalue weighted by Gasteiger charge is -2.03. The number of carbonyl (C=O) groups is 1. The van der Waals surface area contributed by atoms with Crippen LogP contribution in [-0.2, 0) is 6.54 Å². The van der Waals surface area contributed by atoms with Crippen molar-refractivity contribution in [1.29, 1.82) is 0 Å². The molecule has 120 valence electrons. The summed E-state index contributed by atoms with van der Waals surface area (Å²) in [6.07, 6.45) is 5.74. The van der Waals surface area contributed by atoms with Gasteiger partial charge in [-0.05, 0) is 42.0 Å². The van der Waals surface area contributed by atoms with Gasteiger partial charge in [0.15, 0.2) is 5.78 Å². The van der Waals surface area contributed by atoms with Crippen LogP contribution in [-0.4, -0.2) is 22.7 Å².